The first-order chi connectivity index (χ1) is 8.15. The first-order valence-corrected chi connectivity index (χ1v) is 6.04. The molecular formula is C13H22ClN3O. The first-order valence-electron chi connectivity index (χ1n) is 6.04. The fourth-order valence-electron chi connectivity index (χ4n) is 1.67. The number of pyridine rings is 1. The average Bonchev–Trinajstić information content (AvgIpc) is 2.36. The molecule has 2 N–H and O–H groups in total. The van der Waals surface area contributed by atoms with Gasteiger partial charge in [0.2, 0.25) is 5.91 Å². The van der Waals surface area contributed by atoms with Gasteiger partial charge in [-0.1, -0.05) is 13.3 Å². The van der Waals surface area contributed by atoms with E-state index < -0.39 is 0 Å². The molecule has 1 heterocycles. The number of aromatic nitrogens is 1. The van der Waals surface area contributed by atoms with Gasteiger partial charge in [-0.15, -0.1) is 12.4 Å². The highest BCUT2D eigenvalue weighted by Crippen LogP contribution is 2.02. The maximum atomic E-state index is 11.8. The summed E-state index contributed by atoms with van der Waals surface area (Å²) in [4.78, 5) is 17.5. The van der Waals surface area contributed by atoms with Crippen LogP contribution < -0.4 is 5.73 Å². The summed E-state index contributed by atoms with van der Waals surface area (Å²) in [7, 11) is 1.80. The van der Waals surface area contributed by atoms with Crippen LogP contribution in [0.15, 0.2) is 24.5 Å². The van der Waals surface area contributed by atoms with Gasteiger partial charge in [0.15, 0.2) is 0 Å². The van der Waals surface area contributed by atoms with Crippen molar-refractivity contribution in [2.24, 2.45) is 5.73 Å². The standard InChI is InChI=1S/C13H21N3O.ClH/c1-3-4-12(14)13(17)16(2)10-7-11-5-8-15-9-6-11;/h5-6,8-9,12H,3-4,7,10,14H2,1-2H3;1H. The number of carbonyl (C=O) groups excluding carboxylic acids is 1. The maximum Gasteiger partial charge on any atom is 0.239 e. The molecule has 0 saturated carbocycles. The van der Waals surface area contributed by atoms with Crippen LogP contribution in [0.1, 0.15) is 25.3 Å². The number of halogens is 1. The molecule has 1 unspecified atom stereocenters. The van der Waals surface area contributed by atoms with Gasteiger partial charge in [0, 0.05) is 26.0 Å². The highest BCUT2D eigenvalue weighted by atomic mass is 35.5. The minimum Gasteiger partial charge on any atom is -0.344 e. The Morgan fingerprint density at radius 2 is 2.06 bits per heavy atom. The lowest BCUT2D eigenvalue weighted by molar-refractivity contribution is -0.131. The van der Waals surface area contributed by atoms with Crippen LogP contribution in [0.4, 0.5) is 0 Å². The van der Waals surface area contributed by atoms with Crippen molar-refractivity contribution in [2.45, 2.75) is 32.2 Å². The predicted octanol–water partition coefficient (Wildman–Crippen LogP) is 1.63. The summed E-state index contributed by atoms with van der Waals surface area (Å²) in [6, 6.07) is 3.57. The molecule has 0 aliphatic carbocycles. The highest BCUT2D eigenvalue weighted by Gasteiger charge is 2.16. The lowest BCUT2D eigenvalue weighted by atomic mass is 10.1. The Morgan fingerprint density at radius 3 is 2.61 bits per heavy atom. The van der Waals surface area contributed by atoms with Gasteiger partial charge in [0.05, 0.1) is 6.04 Å². The molecule has 1 atom stereocenters. The number of nitrogens with zero attached hydrogens (tertiary/aromatic N) is 2. The molecular weight excluding hydrogens is 250 g/mol. The van der Waals surface area contributed by atoms with E-state index in [0.717, 1.165) is 19.3 Å². The number of rotatable bonds is 6. The van der Waals surface area contributed by atoms with Crippen molar-refractivity contribution in [1.29, 1.82) is 0 Å². The Labute approximate surface area is 115 Å². The Balaban J connectivity index is 0.00000289. The third-order valence-corrected chi connectivity index (χ3v) is 2.78. The largest absolute Gasteiger partial charge is 0.344 e. The van der Waals surface area contributed by atoms with Gasteiger partial charge in [0.25, 0.3) is 0 Å². The molecule has 0 bridgehead atoms. The van der Waals surface area contributed by atoms with E-state index in [4.69, 9.17) is 5.73 Å². The lowest BCUT2D eigenvalue weighted by Gasteiger charge is -2.21. The van der Waals surface area contributed by atoms with E-state index in [-0.39, 0.29) is 24.4 Å². The maximum absolute atomic E-state index is 11.8. The van der Waals surface area contributed by atoms with E-state index in [0.29, 0.717) is 6.54 Å². The second-order valence-electron chi connectivity index (χ2n) is 4.26. The second-order valence-corrected chi connectivity index (χ2v) is 4.26. The second kappa shape index (κ2) is 8.89. The summed E-state index contributed by atoms with van der Waals surface area (Å²) in [5.74, 6) is 0.0286. The third kappa shape index (κ3) is 5.47. The fraction of sp³-hybridized carbons (Fsp3) is 0.538. The SMILES string of the molecule is CCCC(N)C(=O)N(C)CCc1ccncc1.Cl. The summed E-state index contributed by atoms with van der Waals surface area (Å²) >= 11 is 0. The van der Waals surface area contributed by atoms with Crippen molar-refractivity contribution >= 4 is 18.3 Å². The topological polar surface area (TPSA) is 59.2 Å². The molecule has 102 valence electrons. The van der Waals surface area contributed by atoms with Crippen LogP contribution in [0.3, 0.4) is 0 Å². The molecule has 0 aliphatic rings. The van der Waals surface area contributed by atoms with Gasteiger partial charge in [0.1, 0.15) is 0 Å². The van der Waals surface area contributed by atoms with Crippen LogP contribution in [-0.2, 0) is 11.2 Å². The molecule has 0 radical (unpaired) electrons. The van der Waals surface area contributed by atoms with Crippen LogP contribution in [0, 0.1) is 0 Å². The molecule has 0 aliphatic heterocycles. The first kappa shape index (κ1) is 16.9. The number of amides is 1. The van der Waals surface area contributed by atoms with Gasteiger partial charge in [-0.25, -0.2) is 0 Å². The average molecular weight is 272 g/mol. The Bertz CT molecular complexity index is 345. The highest BCUT2D eigenvalue weighted by molar-refractivity contribution is 5.85. The molecule has 18 heavy (non-hydrogen) atoms. The molecule has 4 nitrogen and oxygen atoms in total. The zero-order valence-corrected chi connectivity index (χ0v) is 11.8. The van der Waals surface area contributed by atoms with Gasteiger partial charge in [-0.3, -0.25) is 9.78 Å². The van der Waals surface area contributed by atoms with E-state index in [9.17, 15) is 4.79 Å². The normalized spacial score (nSPS) is 11.5. The number of hydrogen-bond donors (Lipinski definition) is 1. The van der Waals surface area contributed by atoms with Crippen LogP contribution in [0.2, 0.25) is 0 Å². The summed E-state index contributed by atoms with van der Waals surface area (Å²) in [6.45, 7) is 2.73. The molecule has 0 aromatic carbocycles. The van der Waals surface area contributed by atoms with Crippen LogP contribution >= 0.6 is 12.4 Å². The monoisotopic (exact) mass is 271 g/mol. The number of nitrogens with two attached hydrogens (primary N) is 1. The summed E-state index contributed by atoms with van der Waals surface area (Å²) in [5.41, 5.74) is 6.98. The predicted molar refractivity (Wildman–Crippen MR) is 75.7 cm³/mol. The third-order valence-electron chi connectivity index (χ3n) is 2.78. The fourth-order valence-corrected chi connectivity index (χ4v) is 1.67. The Hall–Kier alpha value is -1.13. The van der Waals surface area contributed by atoms with E-state index in [2.05, 4.69) is 4.98 Å². The van der Waals surface area contributed by atoms with Crippen LogP contribution in [0.5, 0.6) is 0 Å². The van der Waals surface area contributed by atoms with E-state index in [1.165, 1.54) is 5.56 Å². The Morgan fingerprint density at radius 1 is 1.44 bits per heavy atom. The molecule has 1 rings (SSSR count). The molecule has 0 saturated heterocycles. The van der Waals surface area contributed by atoms with Gasteiger partial charge >= 0.3 is 0 Å². The summed E-state index contributed by atoms with van der Waals surface area (Å²) < 4.78 is 0. The smallest absolute Gasteiger partial charge is 0.239 e. The van der Waals surface area contributed by atoms with Gasteiger partial charge < -0.3 is 10.6 Å². The van der Waals surface area contributed by atoms with Crippen molar-refractivity contribution in [3.8, 4) is 0 Å². The van der Waals surface area contributed by atoms with Gasteiger partial charge in [-0.05, 0) is 30.5 Å². The minimum absolute atomic E-state index is 0. The van der Waals surface area contributed by atoms with Crippen molar-refractivity contribution in [3.63, 3.8) is 0 Å². The van der Waals surface area contributed by atoms with Crippen LogP contribution in [-0.4, -0.2) is 35.4 Å². The molecule has 0 spiro atoms. The van der Waals surface area contributed by atoms with Crippen molar-refractivity contribution < 1.29 is 4.79 Å². The molecule has 5 heteroatoms. The summed E-state index contributed by atoms with van der Waals surface area (Å²) in [6.07, 6.45) is 6.05. The lowest BCUT2D eigenvalue weighted by Crippen LogP contribution is -2.42. The van der Waals surface area contributed by atoms with E-state index in [1.54, 1.807) is 24.3 Å². The quantitative estimate of drug-likeness (QED) is 0.856. The molecule has 1 aromatic heterocycles. The van der Waals surface area contributed by atoms with Crippen LogP contribution in [0.25, 0.3) is 0 Å². The molecule has 1 aromatic rings. The Kier molecular flexibility index (Phi) is 8.33. The summed E-state index contributed by atoms with van der Waals surface area (Å²) in [5, 5.41) is 0. The van der Waals surface area contributed by atoms with E-state index in [1.807, 2.05) is 19.1 Å². The minimum atomic E-state index is -0.359. The molecule has 1 amide bonds. The zero-order valence-electron chi connectivity index (χ0n) is 11.0. The molecule has 0 fully saturated rings. The van der Waals surface area contributed by atoms with Crippen molar-refractivity contribution in [1.82, 2.24) is 9.88 Å². The number of likely N-dealkylation sites (N-methyl/N-ethyl adjacent to an activating group) is 1. The van der Waals surface area contributed by atoms with Gasteiger partial charge in [-0.2, -0.15) is 0 Å². The van der Waals surface area contributed by atoms with E-state index >= 15 is 0 Å². The van der Waals surface area contributed by atoms with Crippen molar-refractivity contribution in [2.75, 3.05) is 13.6 Å². The zero-order chi connectivity index (χ0) is 12.7. The van der Waals surface area contributed by atoms with Crippen molar-refractivity contribution in [3.05, 3.63) is 30.1 Å². The number of hydrogen-bond acceptors (Lipinski definition) is 3. The number of carbonyl (C=O) groups is 1.